The van der Waals surface area contributed by atoms with Crippen molar-refractivity contribution < 1.29 is 32.2 Å². The van der Waals surface area contributed by atoms with Gasteiger partial charge in [-0.3, -0.25) is 14.7 Å². The van der Waals surface area contributed by atoms with Crippen LogP contribution in [-0.4, -0.2) is 67.1 Å². The van der Waals surface area contributed by atoms with Crippen LogP contribution in [0.5, 0.6) is 11.5 Å². The Balaban J connectivity index is 1.69. The van der Waals surface area contributed by atoms with Crippen LogP contribution in [0.4, 0.5) is 18.0 Å². The first-order valence-electron chi connectivity index (χ1n) is 12.9. The number of rotatable bonds is 6. The van der Waals surface area contributed by atoms with Gasteiger partial charge in [-0.15, -0.1) is 0 Å². The molecule has 0 radical (unpaired) electrons. The van der Waals surface area contributed by atoms with Crippen molar-refractivity contribution in [3.05, 3.63) is 92.4 Å². The zero-order valence-electron chi connectivity index (χ0n) is 22.2. The van der Waals surface area contributed by atoms with Gasteiger partial charge >= 0.3 is 12.2 Å². The van der Waals surface area contributed by atoms with E-state index in [1.54, 1.807) is 6.07 Å². The highest BCUT2D eigenvalue weighted by Crippen LogP contribution is 2.46. The van der Waals surface area contributed by atoms with Gasteiger partial charge in [-0.05, 0) is 47.5 Å². The van der Waals surface area contributed by atoms with Gasteiger partial charge in [0.1, 0.15) is 29.9 Å². The van der Waals surface area contributed by atoms with Gasteiger partial charge in [0.2, 0.25) is 5.91 Å². The third-order valence-electron chi connectivity index (χ3n) is 6.83. The molecule has 220 valence electrons. The standard InChI is InChI=1S/C29H25Br2F3N4O4/c1-41-21-10-11-22(23(14-21)42-16-29(32,33)34)27-36-25(17-2-6-19(30)7-3-17)26(18-4-8-20(31)9-5-18)38(27)28(40)37-13-12-35-24(39)15-37/h2-11,14,25-26H,12-13,15-16H2,1H3,(H,35,39). The number of halogens is 5. The predicted molar refractivity (Wildman–Crippen MR) is 157 cm³/mol. The number of aliphatic imine (C=N–C) groups is 1. The molecule has 3 aromatic rings. The van der Waals surface area contributed by atoms with Gasteiger partial charge in [-0.2, -0.15) is 13.2 Å². The minimum Gasteiger partial charge on any atom is -0.497 e. The average molecular weight is 710 g/mol. The molecule has 8 nitrogen and oxygen atoms in total. The fraction of sp³-hybridized carbons (Fsp3) is 0.276. The first-order valence-corrected chi connectivity index (χ1v) is 14.4. The lowest BCUT2D eigenvalue weighted by Gasteiger charge is -2.35. The lowest BCUT2D eigenvalue weighted by atomic mass is 9.94. The first-order chi connectivity index (χ1) is 20.0. The summed E-state index contributed by atoms with van der Waals surface area (Å²) in [5, 5.41) is 2.71. The number of amides is 3. The molecule has 5 rings (SSSR count). The topological polar surface area (TPSA) is 83.5 Å². The van der Waals surface area contributed by atoms with Gasteiger partial charge in [-0.25, -0.2) is 4.79 Å². The Morgan fingerprint density at radius 1 is 1.02 bits per heavy atom. The fourth-order valence-corrected chi connectivity index (χ4v) is 5.43. The smallest absolute Gasteiger partial charge is 0.422 e. The maximum Gasteiger partial charge on any atom is 0.422 e. The number of hydrogen-bond acceptors (Lipinski definition) is 5. The maximum absolute atomic E-state index is 14.3. The van der Waals surface area contributed by atoms with Gasteiger partial charge in [0, 0.05) is 28.1 Å². The van der Waals surface area contributed by atoms with Crippen molar-refractivity contribution in [2.24, 2.45) is 4.99 Å². The lowest BCUT2D eigenvalue weighted by Crippen LogP contribution is -2.55. The molecule has 13 heteroatoms. The molecule has 42 heavy (non-hydrogen) atoms. The zero-order chi connectivity index (χ0) is 30.0. The number of nitrogens with zero attached hydrogens (tertiary/aromatic N) is 3. The number of ether oxygens (including phenoxy) is 2. The van der Waals surface area contributed by atoms with Gasteiger partial charge in [0.25, 0.3) is 0 Å². The van der Waals surface area contributed by atoms with Gasteiger partial charge in [0.05, 0.1) is 18.7 Å². The van der Waals surface area contributed by atoms with E-state index in [0.29, 0.717) is 0 Å². The van der Waals surface area contributed by atoms with Crippen molar-refractivity contribution in [3.63, 3.8) is 0 Å². The molecule has 2 aliphatic rings. The van der Waals surface area contributed by atoms with Crippen molar-refractivity contribution in [2.75, 3.05) is 33.4 Å². The Morgan fingerprint density at radius 2 is 1.67 bits per heavy atom. The first kappa shape index (κ1) is 29.9. The summed E-state index contributed by atoms with van der Waals surface area (Å²) in [6.07, 6.45) is -4.60. The number of urea groups is 1. The Hall–Kier alpha value is -3.58. The third-order valence-corrected chi connectivity index (χ3v) is 7.88. The van der Waals surface area contributed by atoms with Crippen LogP contribution >= 0.6 is 31.9 Å². The van der Waals surface area contributed by atoms with Crippen LogP contribution in [0.1, 0.15) is 28.8 Å². The van der Waals surface area contributed by atoms with E-state index in [-0.39, 0.29) is 48.4 Å². The van der Waals surface area contributed by atoms with E-state index in [4.69, 9.17) is 14.5 Å². The number of nitrogens with one attached hydrogen (secondary N) is 1. The average Bonchev–Trinajstić information content (AvgIpc) is 3.36. The summed E-state index contributed by atoms with van der Waals surface area (Å²) in [5.74, 6) is -0.0677. The Kier molecular flexibility index (Phi) is 8.78. The molecule has 1 fully saturated rings. The second kappa shape index (κ2) is 12.3. The molecule has 0 bridgehead atoms. The third kappa shape index (κ3) is 6.57. The molecule has 0 aromatic heterocycles. The molecule has 0 saturated carbocycles. The van der Waals surface area contributed by atoms with E-state index in [0.717, 1.165) is 20.1 Å². The number of carbonyl (C=O) groups excluding carboxylic acids is 2. The largest absolute Gasteiger partial charge is 0.497 e. The van der Waals surface area contributed by atoms with E-state index in [9.17, 15) is 22.8 Å². The summed E-state index contributed by atoms with van der Waals surface area (Å²) in [6, 6.07) is 17.5. The van der Waals surface area contributed by atoms with E-state index in [2.05, 4.69) is 37.2 Å². The van der Waals surface area contributed by atoms with Crippen LogP contribution < -0.4 is 14.8 Å². The highest BCUT2D eigenvalue weighted by atomic mass is 79.9. The van der Waals surface area contributed by atoms with Crippen molar-refractivity contribution in [1.82, 2.24) is 15.1 Å². The molecule has 0 spiro atoms. The normalized spacial score (nSPS) is 18.9. The van der Waals surface area contributed by atoms with Crippen LogP contribution in [0.2, 0.25) is 0 Å². The number of amidine groups is 1. The number of hydrogen-bond donors (Lipinski definition) is 1. The maximum atomic E-state index is 14.3. The second-order valence-electron chi connectivity index (χ2n) is 9.64. The van der Waals surface area contributed by atoms with E-state index >= 15 is 0 Å². The molecular formula is C29H25Br2F3N4O4. The number of piperazine rings is 1. The monoisotopic (exact) mass is 708 g/mol. The van der Waals surface area contributed by atoms with E-state index < -0.39 is 30.9 Å². The zero-order valence-corrected chi connectivity index (χ0v) is 25.4. The Morgan fingerprint density at radius 3 is 2.26 bits per heavy atom. The quantitative estimate of drug-likeness (QED) is 0.328. The van der Waals surface area contributed by atoms with Crippen molar-refractivity contribution >= 4 is 49.6 Å². The molecule has 2 aliphatic heterocycles. The molecule has 3 amide bonds. The number of benzene rings is 3. The molecule has 1 saturated heterocycles. The van der Waals surface area contributed by atoms with Crippen LogP contribution in [0.15, 0.2) is 80.7 Å². The predicted octanol–water partition coefficient (Wildman–Crippen LogP) is 6.26. The van der Waals surface area contributed by atoms with E-state index in [1.165, 1.54) is 29.0 Å². The van der Waals surface area contributed by atoms with Crippen LogP contribution in [0.3, 0.4) is 0 Å². The van der Waals surface area contributed by atoms with E-state index in [1.807, 2.05) is 48.5 Å². The van der Waals surface area contributed by atoms with Crippen molar-refractivity contribution in [3.8, 4) is 11.5 Å². The van der Waals surface area contributed by atoms with Gasteiger partial charge in [0.15, 0.2) is 6.61 Å². The minimum absolute atomic E-state index is 0.117. The lowest BCUT2D eigenvalue weighted by molar-refractivity contribution is -0.153. The summed E-state index contributed by atoms with van der Waals surface area (Å²) in [7, 11) is 1.39. The Labute approximate surface area is 256 Å². The SMILES string of the molecule is COc1ccc(C2=NC(c3ccc(Br)cc3)C(c3ccc(Br)cc3)N2C(=O)N2CCNC(=O)C2)c(OCC(F)(F)F)c1. The number of methoxy groups -OCH3 is 1. The summed E-state index contributed by atoms with van der Waals surface area (Å²) in [4.78, 5) is 34.4. The van der Waals surface area contributed by atoms with Gasteiger partial charge in [-0.1, -0.05) is 56.1 Å². The molecule has 0 aliphatic carbocycles. The highest BCUT2D eigenvalue weighted by Gasteiger charge is 2.45. The summed E-state index contributed by atoms with van der Waals surface area (Å²) in [6.45, 7) is -1.19. The molecule has 2 heterocycles. The summed E-state index contributed by atoms with van der Waals surface area (Å²) >= 11 is 6.90. The van der Waals surface area contributed by atoms with Crippen LogP contribution in [0.25, 0.3) is 0 Å². The van der Waals surface area contributed by atoms with Crippen LogP contribution in [-0.2, 0) is 4.79 Å². The minimum atomic E-state index is -4.60. The molecule has 2 unspecified atom stereocenters. The fourth-order valence-electron chi connectivity index (χ4n) is 4.90. The highest BCUT2D eigenvalue weighted by molar-refractivity contribution is 9.10. The molecule has 3 aromatic carbocycles. The van der Waals surface area contributed by atoms with Crippen molar-refractivity contribution in [1.29, 1.82) is 0 Å². The van der Waals surface area contributed by atoms with Crippen LogP contribution in [0, 0.1) is 0 Å². The molecule has 1 N–H and O–H groups in total. The summed E-state index contributed by atoms with van der Waals surface area (Å²) < 4.78 is 51.9. The summed E-state index contributed by atoms with van der Waals surface area (Å²) in [5.41, 5.74) is 1.70. The Bertz CT molecular complexity index is 1500. The molecule has 2 atom stereocenters. The molecular weight excluding hydrogens is 685 g/mol. The number of carbonyl (C=O) groups is 2. The second-order valence-corrected chi connectivity index (χ2v) is 11.5. The van der Waals surface area contributed by atoms with Gasteiger partial charge < -0.3 is 19.7 Å². The van der Waals surface area contributed by atoms with Crippen molar-refractivity contribution in [2.45, 2.75) is 18.3 Å². The number of alkyl halides is 3.